The number of ether oxygens (including phenoxy) is 1. The van der Waals surface area contributed by atoms with Crippen LogP contribution in [0.4, 0.5) is 0 Å². The first-order valence-electron chi connectivity index (χ1n) is 4.61. The molecule has 1 rings (SSSR count). The second kappa shape index (κ2) is 4.80. The fourth-order valence-corrected chi connectivity index (χ4v) is 1.73. The summed E-state index contributed by atoms with van der Waals surface area (Å²) in [5, 5.41) is 9.13. The predicted molar refractivity (Wildman–Crippen MR) is 60.6 cm³/mol. The number of benzene rings is 1. The van der Waals surface area contributed by atoms with Crippen LogP contribution in [0.2, 0.25) is 0 Å². The molecule has 0 spiro atoms. The Balaban J connectivity index is 3.08. The van der Waals surface area contributed by atoms with Gasteiger partial charge in [-0.1, -0.05) is 15.9 Å². The summed E-state index contributed by atoms with van der Waals surface area (Å²) in [5.41, 5.74) is 1.90. The summed E-state index contributed by atoms with van der Waals surface area (Å²) in [4.78, 5) is 0. The normalized spacial score (nSPS) is 10.7. The molecule has 0 saturated heterocycles. The molecular formula is C11H15BrO2. The van der Waals surface area contributed by atoms with Crippen molar-refractivity contribution in [1.82, 2.24) is 0 Å². The first kappa shape index (κ1) is 11.5. The molecule has 0 bridgehead atoms. The molecule has 0 amide bonds. The van der Waals surface area contributed by atoms with Crippen molar-refractivity contribution >= 4 is 15.9 Å². The maximum Gasteiger partial charge on any atom is 0.124 e. The maximum atomic E-state index is 9.13. The number of aliphatic hydroxyl groups is 1. The van der Waals surface area contributed by atoms with Gasteiger partial charge in [-0.2, -0.15) is 0 Å². The van der Waals surface area contributed by atoms with E-state index in [-0.39, 0.29) is 12.7 Å². The highest BCUT2D eigenvalue weighted by molar-refractivity contribution is 9.10. The van der Waals surface area contributed by atoms with Gasteiger partial charge in [0.25, 0.3) is 0 Å². The Kier molecular flexibility index (Phi) is 3.96. The topological polar surface area (TPSA) is 29.5 Å². The van der Waals surface area contributed by atoms with Crippen LogP contribution < -0.4 is 4.74 Å². The minimum atomic E-state index is 0.0414. The molecule has 0 saturated carbocycles. The van der Waals surface area contributed by atoms with E-state index in [4.69, 9.17) is 9.84 Å². The Morgan fingerprint density at radius 1 is 1.43 bits per heavy atom. The minimum Gasteiger partial charge on any atom is -0.491 e. The van der Waals surface area contributed by atoms with Crippen LogP contribution in [0.15, 0.2) is 16.6 Å². The number of hydrogen-bond donors (Lipinski definition) is 1. The standard InChI is InChI=1S/C11H15BrO2/c1-7(2)14-11-5-10(12)4-9(6-13)8(11)3/h4-5,7,13H,6H2,1-3H3. The average molecular weight is 259 g/mol. The summed E-state index contributed by atoms with van der Waals surface area (Å²) in [6, 6.07) is 3.83. The molecule has 0 heterocycles. The molecule has 0 radical (unpaired) electrons. The molecule has 0 atom stereocenters. The summed E-state index contributed by atoms with van der Waals surface area (Å²) in [7, 11) is 0. The lowest BCUT2D eigenvalue weighted by molar-refractivity contribution is 0.238. The lowest BCUT2D eigenvalue weighted by atomic mass is 10.1. The molecule has 14 heavy (non-hydrogen) atoms. The molecule has 0 fully saturated rings. The van der Waals surface area contributed by atoms with E-state index in [1.54, 1.807) is 0 Å². The van der Waals surface area contributed by atoms with Crippen LogP contribution in [0.5, 0.6) is 5.75 Å². The average Bonchev–Trinajstić information content (AvgIpc) is 2.09. The van der Waals surface area contributed by atoms with E-state index >= 15 is 0 Å². The zero-order valence-corrected chi connectivity index (χ0v) is 10.3. The van der Waals surface area contributed by atoms with Crippen LogP contribution in [-0.2, 0) is 6.61 Å². The fraction of sp³-hybridized carbons (Fsp3) is 0.455. The van der Waals surface area contributed by atoms with Crippen molar-refractivity contribution in [3.8, 4) is 5.75 Å². The molecule has 1 N–H and O–H groups in total. The van der Waals surface area contributed by atoms with Gasteiger partial charge in [-0.25, -0.2) is 0 Å². The fourth-order valence-electron chi connectivity index (χ4n) is 1.25. The summed E-state index contributed by atoms with van der Waals surface area (Å²) in [6.07, 6.45) is 0.148. The molecular weight excluding hydrogens is 244 g/mol. The van der Waals surface area contributed by atoms with Crippen molar-refractivity contribution in [2.75, 3.05) is 0 Å². The third-order valence-electron chi connectivity index (χ3n) is 1.97. The molecule has 0 aromatic heterocycles. The molecule has 0 aliphatic carbocycles. The van der Waals surface area contributed by atoms with Gasteiger partial charge in [-0.3, -0.25) is 0 Å². The zero-order chi connectivity index (χ0) is 10.7. The van der Waals surface area contributed by atoms with Crippen molar-refractivity contribution in [1.29, 1.82) is 0 Å². The van der Waals surface area contributed by atoms with Gasteiger partial charge in [0.1, 0.15) is 5.75 Å². The number of hydrogen-bond acceptors (Lipinski definition) is 2. The van der Waals surface area contributed by atoms with Gasteiger partial charge >= 0.3 is 0 Å². The largest absolute Gasteiger partial charge is 0.491 e. The highest BCUT2D eigenvalue weighted by atomic mass is 79.9. The number of halogens is 1. The van der Waals surface area contributed by atoms with Crippen LogP contribution in [0.1, 0.15) is 25.0 Å². The lowest BCUT2D eigenvalue weighted by Gasteiger charge is -2.15. The molecule has 1 aromatic carbocycles. The first-order valence-corrected chi connectivity index (χ1v) is 5.40. The van der Waals surface area contributed by atoms with E-state index in [1.165, 1.54) is 0 Å². The van der Waals surface area contributed by atoms with Crippen LogP contribution in [0, 0.1) is 6.92 Å². The number of aliphatic hydroxyl groups excluding tert-OH is 1. The monoisotopic (exact) mass is 258 g/mol. The minimum absolute atomic E-state index is 0.0414. The number of rotatable bonds is 3. The molecule has 3 heteroatoms. The smallest absolute Gasteiger partial charge is 0.124 e. The Hall–Kier alpha value is -0.540. The quantitative estimate of drug-likeness (QED) is 0.904. The van der Waals surface area contributed by atoms with Crippen LogP contribution in [-0.4, -0.2) is 11.2 Å². The summed E-state index contributed by atoms with van der Waals surface area (Å²) in [6.45, 7) is 5.97. The van der Waals surface area contributed by atoms with Gasteiger partial charge in [-0.15, -0.1) is 0 Å². The third kappa shape index (κ3) is 2.72. The van der Waals surface area contributed by atoms with Gasteiger partial charge < -0.3 is 9.84 Å². The summed E-state index contributed by atoms with van der Waals surface area (Å²) in [5.74, 6) is 0.832. The van der Waals surface area contributed by atoms with Gasteiger partial charge in [-0.05, 0) is 44.0 Å². The Bertz CT molecular complexity index is 321. The highest BCUT2D eigenvalue weighted by Gasteiger charge is 2.07. The van der Waals surface area contributed by atoms with Crippen LogP contribution >= 0.6 is 15.9 Å². The molecule has 2 nitrogen and oxygen atoms in total. The Labute approximate surface area is 93.0 Å². The third-order valence-corrected chi connectivity index (χ3v) is 2.42. The van der Waals surface area contributed by atoms with Crippen molar-refractivity contribution in [2.45, 2.75) is 33.5 Å². The molecule has 78 valence electrons. The molecule has 0 unspecified atom stereocenters. The van der Waals surface area contributed by atoms with E-state index < -0.39 is 0 Å². The Morgan fingerprint density at radius 2 is 2.07 bits per heavy atom. The predicted octanol–water partition coefficient (Wildman–Crippen LogP) is 3.04. The first-order chi connectivity index (χ1) is 6.54. The van der Waals surface area contributed by atoms with E-state index in [0.717, 1.165) is 21.3 Å². The van der Waals surface area contributed by atoms with Crippen molar-refractivity contribution in [3.05, 3.63) is 27.7 Å². The Morgan fingerprint density at radius 3 is 2.57 bits per heavy atom. The zero-order valence-electron chi connectivity index (χ0n) is 8.67. The molecule has 0 aliphatic rings. The summed E-state index contributed by atoms with van der Waals surface area (Å²) >= 11 is 3.39. The van der Waals surface area contributed by atoms with Gasteiger partial charge in [0, 0.05) is 4.47 Å². The van der Waals surface area contributed by atoms with Crippen LogP contribution in [0.25, 0.3) is 0 Å². The van der Waals surface area contributed by atoms with E-state index in [0.29, 0.717) is 0 Å². The van der Waals surface area contributed by atoms with E-state index in [9.17, 15) is 0 Å². The van der Waals surface area contributed by atoms with Gasteiger partial charge in [0.2, 0.25) is 0 Å². The van der Waals surface area contributed by atoms with Crippen molar-refractivity contribution in [2.24, 2.45) is 0 Å². The highest BCUT2D eigenvalue weighted by Crippen LogP contribution is 2.27. The molecule has 1 aromatic rings. The second-order valence-electron chi connectivity index (χ2n) is 3.51. The van der Waals surface area contributed by atoms with Crippen molar-refractivity contribution in [3.63, 3.8) is 0 Å². The SMILES string of the molecule is Cc1c(CO)cc(Br)cc1OC(C)C. The van der Waals surface area contributed by atoms with E-state index in [1.807, 2.05) is 32.9 Å². The van der Waals surface area contributed by atoms with Gasteiger partial charge in [0.15, 0.2) is 0 Å². The second-order valence-corrected chi connectivity index (χ2v) is 4.43. The van der Waals surface area contributed by atoms with Gasteiger partial charge in [0.05, 0.1) is 12.7 Å². The summed E-state index contributed by atoms with van der Waals surface area (Å²) < 4.78 is 6.56. The maximum absolute atomic E-state index is 9.13. The van der Waals surface area contributed by atoms with E-state index in [2.05, 4.69) is 15.9 Å². The lowest BCUT2D eigenvalue weighted by Crippen LogP contribution is -2.07. The van der Waals surface area contributed by atoms with Crippen molar-refractivity contribution < 1.29 is 9.84 Å². The molecule has 0 aliphatic heterocycles. The van der Waals surface area contributed by atoms with Crippen LogP contribution in [0.3, 0.4) is 0 Å².